The SMILES string of the molecule is O=C(CCl)N1CCc2ccc(Br)cc2C1. The number of carbonyl (C=O) groups excluding carboxylic acids is 1. The third-order valence-electron chi connectivity index (χ3n) is 2.65. The number of carbonyl (C=O) groups is 1. The molecule has 0 saturated heterocycles. The molecule has 15 heavy (non-hydrogen) atoms. The topological polar surface area (TPSA) is 20.3 Å². The second kappa shape index (κ2) is 4.54. The molecule has 4 heteroatoms. The van der Waals surface area contributed by atoms with Gasteiger partial charge in [0, 0.05) is 17.6 Å². The van der Waals surface area contributed by atoms with Gasteiger partial charge in [0.05, 0.1) is 0 Å². The molecule has 0 spiro atoms. The highest BCUT2D eigenvalue weighted by atomic mass is 79.9. The number of hydrogen-bond donors (Lipinski definition) is 0. The van der Waals surface area contributed by atoms with Crippen LogP contribution >= 0.6 is 27.5 Å². The van der Waals surface area contributed by atoms with E-state index in [1.54, 1.807) is 0 Å². The minimum Gasteiger partial charge on any atom is -0.337 e. The molecule has 0 bridgehead atoms. The molecule has 1 aliphatic heterocycles. The van der Waals surface area contributed by atoms with Crippen LogP contribution in [0.15, 0.2) is 22.7 Å². The highest BCUT2D eigenvalue weighted by molar-refractivity contribution is 9.10. The van der Waals surface area contributed by atoms with Gasteiger partial charge in [0.1, 0.15) is 5.88 Å². The Balaban J connectivity index is 2.22. The monoisotopic (exact) mass is 287 g/mol. The summed E-state index contributed by atoms with van der Waals surface area (Å²) in [7, 11) is 0. The van der Waals surface area contributed by atoms with Crippen LogP contribution in [-0.4, -0.2) is 23.2 Å². The Labute approximate surface area is 102 Å². The lowest BCUT2D eigenvalue weighted by molar-refractivity contribution is -0.129. The summed E-state index contributed by atoms with van der Waals surface area (Å²) in [6, 6.07) is 6.22. The average Bonchev–Trinajstić information content (AvgIpc) is 2.27. The maximum atomic E-state index is 11.4. The van der Waals surface area contributed by atoms with Crippen molar-refractivity contribution in [3.05, 3.63) is 33.8 Å². The zero-order chi connectivity index (χ0) is 10.8. The van der Waals surface area contributed by atoms with E-state index in [2.05, 4.69) is 28.1 Å². The van der Waals surface area contributed by atoms with Crippen LogP contribution in [0.5, 0.6) is 0 Å². The number of benzene rings is 1. The van der Waals surface area contributed by atoms with Crippen LogP contribution in [0.2, 0.25) is 0 Å². The number of nitrogens with zero attached hydrogens (tertiary/aromatic N) is 1. The van der Waals surface area contributed by atoms with E-state index in [0.29, 0.717) is 6.54 Å². The van der Waals surface area contributed by atoms with Crippen LogP contribution in [0, 0.1) is 0 Å². The largest absolute Gasteiger partial charge is 0.337 e. The van der Waals surface area contributed by atoms with E-state index >= 15 is 0 Å². The predicted molar refractivity (Wildman–Crippen MR) is 64.0 cm³/mol. The van der Waals surface area contributed by atoms with Crippen LogP contribution in [-0.2, 0) is 17.8 Å². The normalized spacial score (nSPS) is 14.9. The molecule has 0 aliphatic carbocycles. The van der Waals surface area contributed by atoms with Crippen LogP contribution in [0.25, 0.3) is 0 Å². The summed E-state index contributed by atoms with van der Waals surface area (Å²) in [5, 5.41) is 0. The predicted octanol–water partition coefficient (Wildman–Crippen LogP) is 2.57. The number of amides is 1. The molecule has 2 rings (SSSR count). The Kier molecular flexibility index (Phi) is 3.32. The summed E-state index contributed by atoms with van der Waals surface area (Å²) in [6.45, 7) is 1.46. The van der Waals surface area contributed by atoms with Crippen LogP contribution in [0.1, 0.15) is 11.1 Å². The molecule has 1 aliphatic rings. The van der Waals surface area contributed by atoms with Crippen molar-refractivity contribution >= 4 is 33.4 Å². The Morgan fingerprint density at radius 1 is 1.47 bits per heavy atom. The molecule has 0 atom stereocenters. The van der Waals surface area contributed by atoms with E-state index in [-0.39, 0.29) is 11.8 Å². The number of hydrogen-bond acceptors (Lipinski definition) is 1. The van der Waals surface area contributed by atoms with Gasteiger partial charge in [-0.3, -0.25) is 4.79 Å². The molecule has 1 heterocycles. The van der Waals surface area contributed by atoms with Gasteiger partial charge in [0.15, 0.2) is 0 Å². The lowest BCUT2D eigenvalue weighted by atomic mass is 10.00. The summed E-state index contributed by atoms with van der Waals surface area (Å²) < 4.78 is 1.06. The molecule has 0 saturated carbocycles. The standard InChI is InChI=1S/C11H11BrClNO/c12-10-2-1-8-3-4-14(11(15)6-13)7-9(8)5-10/h1-2,5H,3-4,6-7H2. The van der Waals surface area contributed by atoms with E-state index in [4.69, 9.17) is 11.6 Å². The van der Waals surface area contributed by atoms with Crippen LogP contribution < -0.4 is 0 Å². The summed E-state index contributed by atoms with van der Waals surface area (Å²) in [5.74, 6) is 0.0888. The van der Waals surface area contributed by atoms with Crippen molar-refractivity contribution in [2.24, 2.45) is 0 Å². The van der Waals surface area contributed by atoms with Gasteiger partial charge in [-0.15, -0.1) is 11.6 Å². The van der Waals surface area contributed by atoms with Crippen molar-refractivity contribution in [2.75, 3.05) is 12.4 Å². The van der Waals surface area contributed by atoms with Gasteiger partial charge < -0.3 is 4.90 Å². The fraction of sp³-hybridized carbons (Fsp3) is 0.364. The Hall–Kier alpha value is -0.540. The second-order valence-electron chi connectivity index (χ2n) is 3.61. The van der Waals surface area contributed by atoms with Gasteiger partial charge in [-0.05, 0) is 29.7 Å². The van der Waals surface area contributed by atoms with Crippen molar-refractivity contribution in [3.8, 4) is 0 Å². The zero-order valence-electron chi connectivity index (χ0n) is 8.17. The van der Waals surface area contributed by atoms with Crippen molar-refractivity contribution < 1.29 is 4.79 Å². The minimum absolute atomic E-state index is 0.0160. The molecule has 1 aromatic rings. The zero-order valence-corrected chi connectivity index (χ0v) is 10.5. The molecule has 0 radical (unpaired) electrons. The van der Waals surface area contributed by atoms with E-state index in [9.17, 15) is 4.79 Å². The van der Waals surface area contributed by atoms with Crippen molar-refractivity contribution in [1.82, 2.24) is 4.90 Å². The molecule has 0 aromatic heterocycles. The number of halogens is 2. The number of fused-ring (bicyclic) bond motifs is 1. The Morgan fingerprint density at radius 3 is 3.00 bits per heavy atom. The van der Waals surface area contributed by atoms with Crippen molar-refractivity contribution in [3.63, 3.8) is 0 Å². The smallest absolute Gasteiger partial charge is 0.237 e. The molecule has 0 fully saturated rings. The van der Waals surface area contributed by atoms with Gasteiger partial charge in [-0.1, -0.05) is 22.0 Å². The maximum Gasteiger partial charge on any atom is 0.237 e. The molecule has 0 unspecified atom stereocenters. The molecular weight excluding hydrogens is 277 g/mol. The Morgan fingerprint density at radius 2 is 2.27 bits per heavy atom. The van der Waals surface area contributed by atoms with E-state index in [1.807, 2.05) is 11.0 Å². The van der Waals surface area contributed by atoms with E-state index < -0.39 is 0 Å². The number of alkyl halides is 1. The highest BCUT2D eigenvalue weighted by Gasteiger charge is 2.19. The molecule has 1 aromatic carbocycles. The van der Waals surface area contributed by atoms with Crippen LogP contribution in [0.4, 0.5) is 0 Å². The van der Waals surface area contributed by atoms with Gasteiger partial charge in [0.25, 0.3) is 0 Å². The van der Waals surface area contributed by atoms with Gasteiger partial charge in [0.2, 0.25) is 5.91 Å². The first-order valence-corrected chi connectivity index (χ1v) is 6.14. The first-order valence-electron chi connectivity index (χ1n) is 4.82. The highest BCUT2D eigenvalue weighted by Crippen LogP contribution is 2.22. The second-order valence-corrected chi connectivity index (χ2v) is 4.79. The molecule has 0 N–H and O–H groups in total. The van der Waals surface area contributed by atoms with Crippen LogP contribution in [0.3, 0.4) is 0 Å². The summed E-state index contributed by atoms with van der Waals surface area (Å²) >= 11 is 8.98. The van der Waals surface area contributed by atoms with Gasteiger partial charge in [-0.2, -0.15) is 0 Å². The summed E-state index contributed by atoms with van der Waals surface area (Å²) in [5.41, 5.74) is 2.55. The van der Waals surface area contributed by atoms with Gasteiger partial charge in [-0.25, -0.2) is 0 Å². The Bertz CT molecular complexity index is 394. The molecule has 1 amide bonds. The average molecular weight is 289 g/mol. The fourth-order valence-electron chi connectivity index (χ4n) is 1.82. The quantitative estimate of drug-likeness (QED) is 0.727. The van der Waals surface area contributed by atoms with Crippen molar-refractivity contribution in [1.29, 1.82) is 0 Å². The lowest BCUT2D eigenvalue weighted by Crippen LogP contribution is -2.36. The summed E-state index contributed by atoms with van der Waals surface area (Å²) in [6.07, 6.45) is 0.922. The van der Waals surface area contributed by atoms with E-state index in [0.717, 1.165) is 17.4 Å². The minimum atomic E-state index is 0.0160. The van der Waals surface area contributed by atoms with Crippen molar-refractivity contribution in [2.45, 2.75) is 13.0 Å². The molecule has 2 nitrogen and oxygen atoms in total. The first-order chi connectivity index (χ1) is 7.20. The van der Waals surface area contributed by atoms with E-state index in [1.165, 1.54) is 11.1 Å². The maximum absolute atomic E-state index is 11.4. The fourth-order valence-corrected chi connectivity index (χ4v) is 2.40. The first kappa shape index (κ1) is 11.0. The number of rotatable bonds is 1. The third kappa shape index (κ3) is 2.34. The van der Waals surface area contributed by atoms with Gasteiger partial charge >= 0.3 is 0 Å². The summed E-state index contributed by atoms with van der Waals surface area (Å²) in [4.78, 5) is 13.3. The molecular formula is C11H11BrClNO. The molecule has 80 valence electrons. The third-order valence-corrected chi connectivity index (χ3v) is 3.37. The lowest BCUT2D eigenvalue weighted by Gasteiger charge is -2.28.